The second kappa shape index (κ2) is 6.47. The molecule has 2 N–H and O–H groups in total. The van der Waals surface area contributed by atoms with E-state index in [1.54, 1.807) is 0 Å². The third-order valence-electron chi connectivity index (χ3n) is 3.65. The molecule has 1 aromatic rings. The Labute approximate surface area is 117 Å². The second-order valence-corrected chi connectivity index (χ2v) is 5.20. The van der Waals surface area contributed by atoms with E-state index < -0.39 is 4.92 Å². The molecule has 1 saturated carbocycles. The van der Waals surface area contributed by atoms with Gasteiger partial charge >= 0.3 is 0 Å². The first-order valence-corrected chi connectivity index (χ1v) is 6.77. The van der Waals surface area contributed by atoms with Crippen LogP contribution in [0.4, 0.5) is 5.69 Å². The van der Waals surface area contributed by atoms with Gasteiger partial charge in [-0.25, -0.2) is 0 Å². The molecular weight excluding hydrogens is 260 g/mol. The van der Waals surface area contributed by atoms with Crippen molar-refractivity contribution in [3.8, 4) is 0 Å². The summed E-state index contributed by atoms with van der Waals surface area (Å²) in [5.41, 5.74) is 0.379. The Morgan fingerprint density at radius 3 is 2.65 bits per heavy atom. The highest BCUT2D eigenvalue weighted by molar-refractivity contribution is 5.94. The molecule has 1 aromatic carbocycles. The van der Waals surface area contributed by atoms with Crippen molar-refractivity contribution in [3.63, 3.8) is 0 Å². The monoisotopic (exact) mass is 278 g/mol. The zero-order chi connectivity index (χ0) is 14.5. The first kappa shape index (κ1) is 14.5. The number of amides is 1. The van der Waals surface area contributed by atoms with Crippen LogP contribution in [0.2, 0.25) is 0 Å². The van der Waals surface area contributed by atoms with Gasteiger partial charge in [0.2, 0.25) is 0 Å². The van der Waals surface area contributed by atoms with Gasteiger partial charge in [0.1, 0.15) is 0 Å². The third kappa shape index (κ3) is 3.77. The highest BCUT2D eigenvalue weighted by Gasteiger charge is 2.20. The van der Waals surface area contributed by atoms with Gasteiger partial charge in [-0.05, 0) is 37.3 Å². The molecule has 0 aromatic heterocycles. The fraction of sp³-hybridized carbons (Fsp3) is 0.500. The Bertz CT molecular complexity index is 486. The Morgan fingerprint density at radius 1 is 1.35 bits per heavy atom. The lowest BCUT2D eigenvalue weighted by Gasteiger charge is -2.25. The predicted molar refractivity (Wildman–Crippen MR) is 73.4 cm³/mol. The topological polar surface area (TPSA) is 92.5 Å². The van der Waals surface area contributed by atoms with Crippen molar-refractivity contribution in [1.29, 1.82) is 0 Å². The Morgan fingerprint density at radius 2 is 2.05 bits per heavy atom. The van der Waals surface area contributed by atoms with Gasteiger partial charge in [-0.2, -0.15) is 0 Å². The van der Waals surface area contributed by atoms with Gasteiger partial charge in [0, 0.05) is 24.2 Å². The Kier molecular flexibility index (Phi) is 4.68. The first-order chi connectivity index (χ1) is 9.56. The van der Waals surface area contributed by atoms with Crippen LogP contribution in [0.25, 0.3) is 0 Å². The quantitative estimate of drug-likeness (QED) is 0.649. The van der Waals surface area contributed by atoms with Gasteiger partial charge < -0.3 is 10.4 Å². The minimum absolute atomic E-state index is 0.0306. The summed E-state index contributed by atoms with van der Waals surface area (Å²) < 4.78 is 0. The lowest BCUT2D eigenvalue weighted by Crippen LogP contribution is -2.32. The number of benzene rings is 1. The number of hydrogen-bond acceptors (Lipinski definition) is 4. The van der Waals surface area contributed by atoms with Crippen molar-refractivity contribution in [3.05, 3.63) is 39.9 Å². The summed E-state index contributed by atoms with van der Waals surface area (Å²) in [5.74, 6) is 0.0701. The number of hydrogen-bond donors (Lipinski definition) is 2. The van der Waals surface area contributed by atoms with E-state index >= 15 is 0 Å². The van der Waals surface area contributed by atoms with Gasteiger partial charge in [-0.15, -0.1) is 0 Å². The average Bonchev–Trinajstić information content (AvgIpc) is 2.45. The van der Waals surface area contributed by atoms with E-state index in [9.17, 15) is 20.0 Å². The molecule has 1 fully saturated rings. The molecule has 1 amide bonds. The van der Waals surface area contributed by atoms with Gasteiger partial charge in [0.25, 0.3) is 11.6 Å². The number of non-ortho nitro benzene ring substituents is 1. The summed E-state index contributed by atoms with van der Waals surface area (Å²) in [6.07, 6.45) is 3.30. The van der Waals surface area contributed by atoms with Crippen LogP contribution >= 0.6 is 0 Å². The van der Waals surface area contributed by atoms with E-state index in [1.807, 2.05) is 0 Å². The SMILES string of the molecule is O=C(NCC1CCCC(O)C1)c1ccc([N+](=O)[O-])cc1. The van der Waals surface area contributed by atoms with Crippen LogP contribution in [-0.2, 0) is 0 Å². The standard InChI is InChI=1S/C14H18N2O4/c17-13-3-1-2-10(8-13)9-15-14(18)11-4-6-12(7-5-11)16(19)20/h4-7,10,13,17H,1-3,8-9H2,(H,15,18). The summed E-state index contributed by atoms with van der Waals surface area (Å²) in [7, 11) is 0. The lowest BCUT2D eigenvalue weighted by atomic mass is 9.87. The highest BCUT2D eigenvalue weighted by Crippen LogP contribution is 2.23. The number of aliphatic hydroxyl groups is 1. The molecule has 0 spiro atoms. The average molecular weight is 278 g/mol. The third-order valence-corrected chi connectivity index (χ3v) is 3.65. The summed E-state index contributed by atoms with van der Waals surface area (Å²) in [5, 5.41) is 22.9. The van der Waals surface area contributed by atoms with Gasteiger partial charge in [-0.1, -0.05) is 6.42 Å². The van der Waals surface area contributed by atoms with Crippen LogP contribution in [0.15, 0.2) is 24.3 Å². The fourth-order valence-electron chi connectivity index (χ4n) is 2.52. The van der Waals surface area contributed by atoms with E-state index in [1.165, 1.54) is 24.3 Å². The van der Waals surface area contributed by atoms with Gasteiger partial charge in [0.15, 0.2) is 0 Å². The van der Waals surface area contributed by atoms with Crippen LogP contribution in [0.5, 0.6) is 0 Å². The smallest absolute Gasteiger partial charge is 0.269 e. The molecule has 2 rings (SSSR count). The second-order valence-electron chi connectivity index (χ2n) is 5.20. The minimum Gasteiger partial charge on any atom is -0.393 e. The van der Waals surface area contributed by atoms with Crippen LogP contribution < -0.4 is 5.32 Å². The van der Waals surface area contributed by atoms with E-state index in [2.05, 4.69) is 5.32 Å². The Balaban J connectivity index is 1.86. The molecule has 0 radical (unpaired) electrons. The Hall–Kier alpha value is -1.95. The molecule has 1 aliphatic rings. The molecule has 2 atom stereocenters. The molecule has 2 unspecified atom stereocenters. The van der Waals surface area contributed by atoms with Crippen LogP contribution in [0.3, 0.4) is 0 Å². The summed E-state index contributed by atoms with van der Waals surface area (Å²) in [4.78, 5) is 21.9. The predicted octanol–water partition coefficient (Wildman–Crippen LogP) is 1.88. The van der Waals surface area contributed by atoms with Crippen molar-refractivity contribution in [2.24, 2.45) is 5.92 Å². The molecular formula is C14H18N2O4. The molecule has 6 nitrogen and oxygen atoms in total. The van der Waals surface area contributed by atoms with Crippen molar-refractivity contribution >= 4 is 11.6 Å². The zero-order valence-corrected chi connectivity index (χ0v) is 11.1. The molecule has 0 aliphatic heterocycles. The number of carbonyl (C=O) groups is 1. The van der Waals surface area contributed by atoms with Crippen LogP contribution in [-0.4, -0.2) is 28.6 Å². The van der Waals surface area contributed by atoms with E-state index in [0.717, 1.165) is 25.7 Å². The van der Waals surface area contributed by atoms with Gasteiger partial charge in [-0.3, -0.25) is 14.9 Å². The molecule has 0 heterocycles. The number of aliphatic hydroxyl groups excluding tert-OH is 1. The number of carbonyl (C=O) groups excluding carboxylic acids is 1. The molecule has 0 saturated heterocycles. The summed E-state index contributed by atoms with van der Waals surface area (Å²) in [6.45, 7) is 0.535. The number of nitro groups is 1. The van der Waals surface area contributed by atoms with Gasteiger partial charge in [0.05, 0.1) is 11.0 Å². The molecule has 20 heavy (non-hydrogen) atoms. The van der Waals surface area contributed by atoms with Crippen molar-refractivity contribution in [2.45, 2.75) is 31.8 Å². The number of nitro benzene ring substituents is 1. The van der Waals surface area contributed by atoms with Crippen molar-refractivity contribution < 1.29 is 14.8 Å². The zero-order valence-electron chi connectivity index (χ0n) is 11.1. The maximum atomic E-state index is 11.9. The van der Waals surface area contributed by atoms with Crippen molar-refractivity contribution in [1.82, 2.24) is 5.32 Å². The number of rotatable bonds is 4. The van der Waals surface area contributed by atoms with Crippen LogP contribution in [0, 0.1) is 16.0 Å². The van der Waals surface area contributed by atoms with Crippen LogP contribution in [0.1, 0.15) is 36.0 Å². The largest absolute Gasteiger partial charge is 0.393 e. The first-order valence-electron chi connectivity index (χ1n) is 6.77. The molecule has 6 heteroatoms. The fourth-order valence-corrected chi connectivity index (χ4v) is 2.52. The van der Waals surface area contributed by atoms with Crippen molar-refractivity contribution in [2.75, 3.05) is 6.54 Å². The highest BCUT2D eigenvalue weighted by atomic mass is 16.6. The molecule has 108 valence electrons. The molecule has 0 bridgehead atoms. The van der Waals surface area contributed by atoms with E-state index in [0.29, 0.717) is 18.0 Å². The summed E-state index contributed by atoms with van der Waals surface area (Å²) in [6, 6.07) is 5.53. The number of nitrogens with one attached hydrogen (secondary N) is 1. The maximum absolute atomic E-state index is 11.9. The maximum Gasteiger partial charge on any atom is 0.269 e. The molecule has 1 aliphatic carbocycles. The van der Waals surface area contributed by atoms with E-state index in [-0.39, 0.29) is 17.7 Å². The van der Waals surface area contributed by atoms with E-state index in [4.69, 9.17) is 0 Å². The summed E-state index contributed by atoms with van der Waals surface area (Å²) >= 11 is 0. The lowest BCUT2D eigenvalue weighted by molar-refractivity contribution is -0.384. The minimum atomic E-state index is -0.495. The normalized spacial score (nSPS) is 22.2. The number of nitrogens with zero attached hydrogens (tertiary/aromatic N) is 1.